The topological polar surface area (TPSA) is 393 Å². The number of Topliss-reactive ketones (excluding diaryl/α,β-unsaturated/α-hetero) is 1. The summed E-state index contributed by atoms with van der Waals surface area (Å²) in [5, 5.41) is 56.2. The van der Waals surface area contributed by atoms with Gasteiger partial charge in [-0.05, 0) is 157 Å². The Bertz CT molecular complexity index is 3090. The quantitative estimate of drug-likeness (QED) is 0.00542. The van der Waals surface area contributed by atoms with Gasteiger partial charge < -0.3 is 83.0 Å². The van der Waals surface area contributed by atoms with Crippen LogP contribution in [-0.2, 0) is 52.5 Å². The molecule has 0 aliphatic rings. The minimum atomic E-state index is -1.83. The van der Waals surface area contributed by atoms with Gasteiger partial charge in [0.15, 0.2) is 8.32 Å². The van der Waals surface area contributed by atoms with Crippen molar-refractivity contribution in [2.24, 2.45) is 29.6 Å². The van der Waals surface area contributed by atoms with Crippen molar-refractivity contribution in [3.05, 3.63) is 185 Å². The van der Waals surface area contributed by atoms with Crippen LogP contribution in [0.1, 0.15) is 149 Å². The van der Waals surface area contributed by atoms with Crippen LogP contribution in [-0.4, -0.2) is 123 Å². The number of carboxylic acids is 1. The highest BCUT2D eigenvalue weighted by molar-refractivity contribution is 7.78. The number of aliphatic hydroxyl groups is 4. The number of halogens is 1. The van der Waals surface area contributed by atoms with Crippen molar-refractivity contribution in [2.45, 2.75) is 132 Å². The van der Waals surface area contributed by atoms with E-state index < -0.39 is 98.3 Å². The van der Waals surface area contributed by atoms with Gasteiger partial charge >= 0.3 is 29.8 Å². The van der Waals surface area contributed by atoms with Crippen LogP contribution in [0.2, 0.25) is 19.6 Å². The van der Waals surface area contributed by atoms with Crippen molar-refractivity contribution in [1.29, 1.82) is 0 Å². The molecule has 10 atom stereocenters. The van der Waals surface area contributed by atoms with Gasteiger partial charge in [-0.1, -0.05) is 201 Å². The molecule has 0 bridgehead atoms. The van der Waals surface area contributed by atoms with E-state index in [1.807, 2.05) is 81.9 Å². The normalized spacial score (nSPS) is 12.7. The molecule has 0 spiro atoms. The average Bonchev–Trinajstić information content (AvgIpc) is 0.854. The van der Waals surface area contributed by atoms with Crippen LogP contribution in [0.5, 0.6) is 28.7 Å². The molecule has 6 rings (SSSR count). The lowest BCUT2D eigenvalue weighted by Gasteiger charge is -2.29. The van der Waals surface area contributed by atoms with E-state index in [0.29, 0.717) is 51.7 Å². The zero-order valence-corrected chi connectivity index (χ0v) is 71.1. The summed E-state index contributed by atoms with van der Waals surface area (Å²) in [6, 6.07) is 42.1. The number of ether oxygens (including phenoxy) is 5. The minimum absolute atomic E-state index is 0.255. The molecule has 35 heteroatoms. The van der Waals surface area contributed by atoms with Gasteiger partial charge in [-0.15, -0.1) is 11.6 Å². The van der Waals surface area contributed by atoms with Gasteiger partial charge in [-0.3, -0.25) is 9.59 Å². The summed E-state index contributed by atoms with van der Waals surface area (Å²) in [5.74, 6) is -2.76. The van der Waals surface area contributed by atoms with E-state index >= 15 is 0 Å². The standard InChI is InChI=1S/C14H22O4Si.4C11H15NO4S.C8H8O.C4H8O.C3H8.CH3Cl.H3NOS/c1-10(14(15)16)13(18-19(3,4)5)11-6-8-12(17-2)9-7-11;4*1-7(11(14)16-12-17)10(13)8-3-5-9(15-2)6-4-8;1-7-2-4-8(6-9)5-3-7;1-3-4(2)5;1-3-2;1-2;2-1-3/h6-10,13H,1-5H3,(H,15,16);4*3-7,10,12-13,17H,1-2H3;2-6H,1H3;3H2,1-2H3;3H2,1-2H3;1H3;1-3H/t10-,13+;4*7-,10?;;;;;/m01100...../s1. The number of carbonyl (C=O) groups excluding carboxylic acids is 6. The van der Waals surface area contributed by atoms with Crippen molar-refractivity contribution >= 4 is 126 Å². The molecule has 0 heterocycles. The lowest BCUT2D eigenvalue weighted by atomic mass is 9.97. The number of carbonyl (C=O) groups is 7. The van der Waals surface area contributed by atoms with E-state index in [9.17, 15) is 59.1 Å². The smallest absolute Gasteiger partial charge is 0.331 e. The third-order valence-corrected chi connectivity index (χ3v) is 15.6. The molecule has 109 heavy (non-hydrogen) atoms. The Morgan fingerprint density at radius 2 is 0.633 bits per heavy atom. The summed E-state index contributed by atoms with van der Waals surface area (Å²) in [5.41, 5.74) is 5.27. The number of methoxy groups -OCH3 is 5. The Morgan fingerprint density at radius 3 is 0.789 bits per heavy atom. The predicted molar refractivity (Wildman–Crippen MR) is 437 cm³/mol. The van der Waals surface area contributed by atoms with E-state index in [4.69, 9.17) is 33.3 Å². The molecular weight excluding hydrogens is 1550 g/mol. The molecule has 0 aromatic heterocycles. The van der Waals surface area contributed by atoms with Gasteiger partial charge in [0.1, 0.15) is 40.8 Å². The fourth-order valence-corrected chi connectivity index (χ4v) is 9.30. The molecule has 0 fully saturated rings. The van der Waals surface area contributed by atoms with Crippen LogP contribution in [0.4, 0.5) is 0 Å². The second kappa shape index (κ2) is 64.5. The second-order valence-electron chi connectivity index (χ2n) is 23.5. The van der Waals surface area contributed by atoms with Crippen molar-refractivity contribution in [3.63, 3.8) is 0 Å². The number of aliphatic carboxylic acids is 1. The minimum Gasteiger partial charge on any atom is -0.497 e. The van der Waals surface area contributed by atoms with Crippen LogP contribution >= 0.6 is 75.7 Å². The molecule has 0 radical (unpaired) electrons. The van der Waals surface area contributed by atoms with Crippen LogP contribution in [0.3, 0.4) is 0 Å². The molecule has 28 nitrogen and oxygen atoms in total. The highest BCUT2D eigenvalue weighted by Crippen LogP contribution is 2.32. The van der Waals surface area contributed by atoms with Crippen LogP contribution < -0.4 is 48.1 Å². The van der Waals surface area contributed by atoms with E-state index in [0.717, 1.165) is 23.2 Å². The van der Waals surface area contributed by atoms with Gasteiger partial charge in [-0.25, -0.2) is 19.2 Å². The molecule has 0 saturated heterocycles. The first-order valence-electron chi connectivity index (χ1n) is 33.2. The molecule has 4 unspecified atom stereocenters. The number of carboxylic acid groups (broad SMARTS) is 1. The molecule has 0 saturated carbocycles. The molecule has 612 valence electrons. The van der Waals surface area contributed by atoms with Gasteiger partial charge in [0, 0.05) is 18.4 Å². The molecule has 0 aliphatic carbocycles. The van der Waals surface area contributed by atoms with Crippen LogP contribution in [0, 0.1) is 36.5 Å². The Kier molecular flexibility index (Phi) is 64.0. The number of aldehydes is 1. The van der Waals surface area contributed by atoms with E-state index in [1.54, 1.807) is 174 Å². The Balaban J connectivity index is -0.000000591. The Morgan fingerprint density at radius 1 is 0.431 bits per heavy atom. The first-order valence-corrected chi connectivity index (χ1v) is 39.6. The third kappa shape index (κ3) is 47.6. The SMILES string of the molecule is CCC.CCC(C)=O.CCl.COc1ccc(C(O)[C@@H](C)C(=O)ONS)cc1.COc1ccc(C(O)[C@@H](C)C(=O)ONS)cc1.COc1ccc(C(O)[C@H](C)C(=O)ONS)cc1.COc1ccc(C(O)[C@H](C)C(=O)ONS)cc1.COc1ccc([C@H](O[Si](C)(C)C)[C@H](C)C(=O)O)cc1.Cc1ccc(C=O)cc1.ONS. The fraction of sp³-hybridized carbons (Fsp3) is 0.419. The zero-order chi connectivity index (χ0) is 84.4. The van der Waals surface area contributed by atoms with E-state index in [-0.39, 0.29) is 5.78 Å². The number of nitrogens with one attached hydrogen (secondary N) is 5. The number of alkyl halides is 1. The van der Waals surface area contributed by atoms with Gasteiger partial charge in [0.2, 0.25) is 0 Å². The van der Waals surface area contributed by atoms with Gasteiger partial charge in [-0.2, -0.15) is 4.89 Å². The first-order chi connectivity index (χ1) is 51.5. The number of hydrogen-bond acceptors (Lipinski definition) is 32. The Hall–Kier alpha value is -7.17. The van der Waals surface area contributed by atoms with Crippen molar-refractivity contribution in [1.82, 2.24) is 24.4 Å². The maximum absolute atomic E-state index is 11.4. The first kappa shape index (κ1) is 108. The van der Waals surface area contributed by atoms with Crippen LogP contribution in [0.25, 0.3) is 0 Å². The molecule has 6 aromatic carbocycles. The molecule has 11 N–H and O–H groups in total. The monoisotopic (exact) mass is 1660 g/mol. The molecule has 0 aliphatic heterocycles. The third-order valence-electron chi connectivity index (χ3n) is 14.3. The summed E-state index contributed by atoms with van der Waals surface area (Å²) in [7, 11) is 6.01. The number of aliphatic hydroxyl groups excluding tert-OH is 4. The second-order valence-corrected chi connectivity index (χ2v) is 28.9. The highest BCUT2D eigenvalue weighted by Gasteiger charge is 2.32. The van der Waals surface area contributed by atoms with Crippen LogP contribution in [0.15, 0.2) is 146 Å². The largest absolute Gasteiger partial charge is 0.497 e. The number of rotatable bonds is 28. The Labute approximate surface area is 674 Å². The fourth-order valence-electron chi connectivity index (χ4n) is 7.83. The van der Waals surface area contributed by atoms with Crippen molar-refractivity contribution in [2.75, 3.05) is 41.9 Å². The number of thiol groups is 5. The van der Waals surface area contributed by atoms with Gasteiger partial charge in [0.05, 0.1) is 95.7 Å². The molecular formula is C74H112ClN5O23S5Si. The molecule has 0 amide bonds. The predicted octanol–water partition coefficient (Wildman–Crippen LogP) is 13.2. The summed E-state index contributed by atoms with van der Waals surface area (Å²) in [6.45, 7) is 23.8. The summed E-state index contributed by atoms with van der Waals surface area (Å²) in [6.07, 6.45) is 0.0739. The maximum atomic E-state index is 11.4. The zero-order valence-electron chi connectivity index (χ0n) is 64.9. The summed E-state index contributed by atoms with van der Waals surface area (Å²) < 4.78 is 31.2. The van der Waals surface area contributed by atoms with E-state index in [1.165, 1.54) is 23.3 Å². The lowest BCUT2D eigenvalue weighted by Crippen LogP contribution is -2.33. The van der Waals surface area contributed by atoms with Crippen molar-refractivity contribution < 1.29 is 112 Å². The number of ketones is 1. The lowest BCUT2D eigenvalue weighted by molar-refractivity contribution is -0.155. The highest BCUT2D eigenvalue weighted by atomic mass is 35.5. The number of hydrogen-bond donors (Lipinski definition) is 16. The summed E-state index contributed by atoms with van der Waals surface area (Å²) in [4.78, 5) is 104. The average molecular weight is 1660 g/mol. The number of benzene rings is 6. The van der Waals surface area contributed by atoms with E-state index in [2.05, 4.69) is 129 Å². The summed E-state index contributed by atoms with van der Waals surface area (Å²) >= 11 is 21.9. The number of aryl methyl sites for hydroxylation is 1. The van der Waals surface area contributed by atoms with Crippen molar-refractivity contribution in [3.8, 4) is 28.7 Å². The van der Waals surface area contributed by atoms with Gasteiger partial charge in [0.25, 0.3) is 0 Å². The maximum Gasteiger partial charge on any atom is 0.331 e. The molecule has 6 aromatic rings.